The molecule has 0 saturated heterocycles. The Morgan fingerprint density at radius 3 is 2.48 bits per heavy atom. The number of benzene rings is 2. The topological polar surface area (TPSA) is 49.4 Å². The van der Waals surface area contributed by atoms with Crippen molar-refractivity contribution in [3.63, 3.8) is 0 Å². The average molecular weight is 280 g/mol. The first kappa shape index (κ1) is 13.4. The van der Waals surface area contributed by atoms with Crippen molar-refractivity contribution in [3.8, 4) is 0 Å². The first-order valence-corrected chi connectivity index (χ1v) is 6.97. The molecule has 2 aromatic carbocycles. The molecule has 0 radical (unpaired) electrons. The van der Waals surface area contributed by atoms with Crippen molar-refractivity contribution in [2.24, 2.45) is 0 Å². The summed E-state index contributed by atoms with van der Waals surface area (Å²) in [4.78, 5) is 25.9. The Hall–Kier alpha value is -2.62. The minimum Gasteiger partial charge on any atom is -0.343 e. The van der Waals surface area contributed by atoms with Crippen LogP contribution in [-0.2, 0) is 11.2 Å². The molecule has 0 atom stereocenters. The van der Waals surface area contributed by atoms with E-state index in [1.165, 1.54) is 5.56 Å². The van der Waals surface area contributed by atoms with Crippen LogP contribution in [0.25, 0.3) is 0 Å². The molecule has 0 unspecified atom stereocenters. The van der Waals surface area contributed by atoms with Crippen LogP contribution in [0, 0.1) is 0 Å². The number of carbonyl (C=O) groups is 2. The predicted molar refractivity (Wildman–Crippen MR) is 81.3 cm³/mol. The molecule has 2 aromatic rings. The van der Waals surface area contributed by atoms with E-state index in [2.05, 4.69) is 5.32 Å². The second-order valence-electron chi connectivity index (χ2n) is 4.98. The molecule has 1 heterocycles. The summed E-state index contributed by atoms with van der Waals surface area (Å²) in [6.07, 6.45) is 0.759. The maximum absolute atomic E-state index is 12.3. The zero-order valence-corrected chi connectivity index (χ0v) is 11.6. The summed E-state index contributed by atoms with van der Waals surface area (Å²) >= 11 is 0. The number of para-hydroxylation sites is 1. The maximum Gasteiger partial charge on any atom is 0.253 e. The molecule has 21 heavy (non-hydrogen) atoms. The van der Waals surface area contributed by atoms with Gasteiger partial charge in [-0.3, -0.25) is 9.59 Å². The molecular formula is C17H16N2O2. The molecule has 106 valence electrons. The summed E-state index contributed by atoms with van der Waals surface area (Å²) < 4.78 is 0. The minimum absolute atomic E-state index is 0.0440. The molecule has 1 aliphatic rings. The van der Waals surface area contributed by atoms with E-state index in [0.29, 0.717) is 17.8 Å². The highest BCUT2D eigenvalue weighted by molar-refractivity contribution is 6.09. The Bertz CT molecular complexity index is 668. The van der Waals surface area contributed by atoms with Crippen LogP contribution in [0.15, 0.2) is 54.6 Å². The number of hydrogen-bond donors (Lipinski definition) is 1. The molecule has 1 aliphatic heterocycles. The van der Waals surface area contributed by atoms with Crippen LogP contribution in [0.2, 0.25) is 0 Å². The van der Waals surface area contributed by atoms with E-state index in [9.17, 15) is 9.59 Å². The predicted octanol–water partition coefficient (Wildman–Crippen LogP) is 2.01. The first-order valence-electron chi connectivity index (χ1n) is 6.97. The molecule has 0 spiro atoms. The monoisotopic (exact) mass is 280 g/mol. The normalized spacial score (nSPS) is 14.4. The highest BCUT2D eigenvalue weighted by Gasteiger charge is 2.25. The van der Waals surface area contributed by atoms with E-state index < -0.39 is 0 Å². The van der Waals surface area contributed by atoms with Gasteiger partial charge in [-0.1, -0.05) is 42.5 Å². The van der Waals surface area contributed by atoms with Crippen molar-refractivity contribution in [1.82, 2.24) is 5.32 Å². The van der Waals surface area contributed by atoms with Gasteiger partial charge in [0, 0.05) is 6.54 Å². The number of fused-ring (bicyclic) bond motifs is 1. The van der Waals surface area contributed by atoms with Gasteiger partial charge in [0.15, 0.2) is 0 Å². The van der Waals surface area contributed by atoms with Gasteiger partial charge in [0.1, 0.15) is 0 Å². The number of amides is 2. The van der Waals surface area contributed by atoms with Crippen molar-refractivity contribution >= 4 is 17.5 Å². The van der Waals surface area contributed by atoms with E-state index in [-0.39, 0.29) is 18.4 Å². The largest absolute Gasteiger partial charge is 0.343 e. The molecule has 3 rings (SSSR count). The second kappa shape index (κ2) is 5.79. The number of rotatable bonds is 3. The summed E-state index contributed by atoms with van der Waals surface area (Å²) in [6, 6.07) is 17.2. The van der Waals surface area contributed by atoms with Crippen LogP contribution in [0.5, 0.6) is 0 Å². The standard InChI is InChI=1S/C17H16N2O2/c20-16-12-18-17(21)14-8-4-5-9-15(14)19(16)11-10-13-6-2-1-3-7-13/h1-9H,10-12H2,(H,18,21). The lowest BCUT2D eigenvalue weighted by Gasteiger charge is -2.22. The lowest BCUT2D eigenvalue weighted by molar-refractivity contribution is -0.117. The average Bonchev–Trinajstić information content (AvgIpc) is 2.65. The van der Waals surface area contributed by atoms with Gasteiger partial charge in [0.05, 0.1) is 17.8 Å². The highest BCUT2D eigenvalue weighted by Crippen LogP contribution is 2.22. The lowest BCUT2D eigenvalue weighted by atomic mass is 10.1. The fourth-order valence-corrected chi connectivity index (χ4v) is 2.51. The molecule has 1 N–H and O–H groups in total. The van der Waals surface area contributed by atoms with Crippen molar-refractivity contribution in [1.29, 1.82) is 0 Å². The summed E-state index contributed by atoms with van der Waals surface area (Å²) in [5.41, 5.74) is 2.41. The van der Waals surface area contributed by atoms with Crippen LogP contribution < -0.4 is 10.2 Å². The third-order valence-electron chi connectivity index (χ3n) is 3.61. The first-order chi connectivity index (χ1) is 10.3. The number of anilines is 1. The summed E-state index contributed by atoms with van der Waals surface area (Å²) in [7, 11) is 0. The molecule has 0 bridgehead atoms. The van der Waals surface area contributed by atoms with Gasteiger partial charge in [-0.25, -0.2) is 0 Å². The molecule has 0 fully saturated rings. The van der Waals surface area contributed by atoms with Crippen LogP contribution in [-0.4, -0.2) is 24.9 Å². The van der Waals surface area contributed by atoms with E-state index in [4.69, 9.17) is 0 Å². The van der Waals surface area contributed by atoms with E-state index in [1.807, 2.05) is 48.5 Å². The molecular weight excluding hydrogens is 264 g/mol. The number of nitrogens with zero attached hydrogens (tertiary/aromatic N) is 1. The van der Waals surface area contributed by atoms with Crippen LogP contribution in [0.4, 0.5) is 5.69 Å². The van der Waals surface area contributed by atoms with Crippen LogP contribution in [0.1, 0.15) is 15.9 Å². The van der Waals surface area contributed by atoms with Gasteiger partial charge in [0.2, 0.25) is 5.91 Å². The number of carbonyl (C=O) groups excluding carboxylic acids is 2. The van der Waals surface area contributed by atoms with Crippen molar-refractivity contribution in [3.05, 3.63) is 65.7 Å². The number of hydrogen-bond acceptors (Lipinski definition) is 2. The third kappa shape index (κ3) is 2.79. The molecule has 0 aliphatic carbocycles. The molecule has 0 saturated carbocycles. The van der Waals surface area contributed by atoms with E-state index >= 15 is 0 Å². The van der Waals surface area contributed by atoms with Crippen molar-refractivity contribution in [2.75, 3.05) is 18.0 Å². The second-order valence-corrected chi connectivity index (χ2v) is 4.98. The third-order valence-corrected chi connectivity index (χ3v) is 3.61. The van der Waals surface area contributed by atoms with Gasteiger partial charge in [-0.05, 0) is 24.1 Å². The molecule has 4 nitrogen and oxygen atoms in total. The van der Waals surface area contributed by atoms with Gasteiger partial charge in [-0.15, -0.1) is 0 Å². The smallest absolute Gasteiger partial charge is 0.253 e. The van der Waals surface area contributed by atoms with Gasteiger partial charge in [-0.2, -0.15) is 0 Å². The van der Waals surface area contributed by atoms with Crippen molar-refractivity contribution < 1.29 is 9.59 Å². The van der Waals surface area contributed by atoms with E-state index in [0.717, 1.165) is 6.42 Å². The fraction of sp³-hybridized carbons (Fsp3) is 0.176. The summed E-state index contributed by atoms with van der Waals surface area (Å²) in [5.74, 6) is -0.273. The van der Waals surface area contributed by atoms with Gasteiger partial charge in [0.25, 0.3) is 5.91 Å². The molecule has 0 aromatic heterocycles. The Labute approximate surface area is 123 Å². The van der Waals surface area contributed by atoms with Crippen molar-refractivity contribution in [2.45, 2.75) is 6.42 Å². The van der Waals surface area contributed by atoms with Crippen LogP contribution >= 0.6 is 0 Å². The minimum atomic E-state index is -0.193. The Morgan fingerprint density at radius 2 is 1.67 bits per heavy atom. The Balaban J connectivity index is 1.87. The van der Waals surface area contributed by atoms with Crippen LogP contribution in [0.3, 0.4) is 0 Å². The maximum atomic E-state index is 12.3. The Morgan fingerprint density at radius 1 is 0.952 bits per heavy atom. The number of nitrogens with one attached hydrogen (secondary N) is 1. The highest BCUT2D eigenvalue weighted by atomic mass is 16.2. The lowest BCUT2D eigenvalue weighted by Crippen LogP contribution is -2.37. The molecule has 4 heteroatoms. The quantitative estimate of drug-likeness (QED) is 0.935. The fourth-order valence-electron chi connectivity index (χ4n) is 2.51. The SMILES string of the molecule is O=C1NCC(=O)N(CCc2ccccc2)c2ccccc21. The zero-order chi connectivity index (χ0) is 14.7. The summed E-state index contributed by atoms with van der Waals surface area (Å²) in [5, 5.41) is 2.65. The molecule has 2 amide bonds. The Kier molecular flexibility index (Phi) is 3.69. The van der Waals surface area contributed by atoms with Gasteiger partial charge >= 0.3 is 0 Å². The van der Waals surface area contributed by atoms with E-state index in [1.54, 1.807) is 11.0 Å². The summed E-state index contributed by atoms with van der Waals surface area (Å²) in [6.45, 7) is 0.608. The zero-order valence-electron chi connectivity index (χ0n) is 11.6. The van der Waals surface area contributed by atoms with Gasteiger partial charge < -0.3 is 10.2 Å².